The third-order valence-corrected chi connectivity index (χ3v) is 1.53. The molecule has 11 heavy (non-hydrogen) atoms. The summed E-state index contributed by atoms with van der Waals surface area (Å²) >= 11 is 0. The first-order chi connectivity index (χ1) is 4.98. The highest BCUT2D eigenvalue weighted by Crippen LogP contribution is 2.15. The Kier molecular flexibility index (Phi) is 4.07. The Balaban J connectivity index is 3.63. The minimum atomic E-state index is -1.05. The van der Waals surface area contributed by atoms with Crippen LogP contribution in [0.15, 0.2) is 0 Å². The predicted octanol–water partition coefficient (Wildman–Crippen LogP) is -0.0154. The van der Waals surface area contributed by atoms with E-state index in [1.54, 1.807) is 0 Å². The van der Waals surface area contributed by atoms with E-state index in [4.69, 9.17) is 10.2 Å². The molecule has 0 fully saturated rings. The van der Waals surface area contributed by atoms with Crippen LogP contribution in [0.2, 0.25) is 0 Å². The van der Waals surface area contributed by atoms with Gasteiger partial charge in [0.15, 0.2) is 0 Å². The number of carbonyl (C=O) groups is 1. The van der Waals surface area contributed by atoms with Crippen LogP contribution < -0.4 is 0 Å². The molecule has 0 saturated carbocycles. The van der Waals surface area contributed by atoms with Crippen LogP contribution in [-0.4, -0.2) is 33.5 Å². The van der Waals surface area contributed by atoms with Gasteiger partial charge in [0.1, 0.15) is 0 Å². The maximum atomic E-state index is 10.1. The first-order valence-electron chi connectivity index (χ1n) is 3.53. The van der Waals surface area contributed by atoms with Gasteiger partial charge in [-0.1, -0.05) is 0 Å². The molecule has 1 unspecified atom stereocenters. The average Bonchev–Trinajstić information content (AvgIpc) is 1.84. The first kappa shape index (κ1) is 10.4. The smallest absolute Gasteiger partial charge is 0.303 e. The van der Waals surface area contributed by atoms with Crippen molar-refractivity contribution in [3.8, 4) is 0 Å². The van der Waals surface area contributed by atoms with Crippen molar-refractivity contribution >= 4 is 5.97 Å². The SMILES string of the molecule is CC(O)(CCO)CCC(=O)O. The second-order valence-corrected chi connectivity index (χ2v) is 2.86. The molecule has 4 nitrogen and oxygen atoms in total. The lowest BCUT2D eigenvalue weighted by molar-refractivity contribution is -0.138. The number of carboxylic acids is 1. The molecule has 0 radical (unpaired) electrons. The Morgan fingerprint density at radius 3 is 2.36 bits per heavy atom. The van der Waals surface area contributed by atoms with E-state index in [0.29, 0.717) is 0 Å². The molecule has 0 saturated heterocycles. The minimum absolute atomic E-state index is 0.0625. The molecule has 3 N–H and O–H groups in total. The van der Waals surface area contributed by atoms with E-state index in [2.05, 4.69) is 0 Å². The van der Waals surface area contributed by atoms with E-state index >= 15 is 0 Å². The molecule has 0 aromatic rings. The van der Waals surface area contributed by atoms with Gasteiger partial charge in [0.05, 0.1) is 5.60 Å². The molecule has 0 aliphatic carbocycles. The third-order valence-electron chi connectivity index (χ3n) is 1.53. The summed E-state index contributed by atoms with van der Waals surface area (Å²) in [6.07, 6.45) is 0.343. The molecular weight excluding hydrogens is 148 g/mol. The Hall–Kier alpha value is -0.610. The zero-order valence-electron chi connectivity index (χ0n) is 6.58. The van der Waals surface area contributed by atoms with Crippen LogP contribution in [0.3, 0.4) is 0 Å². The molecule has 0 rings (SSSR count). The van der Waals surface area contributed by atoms with Crippen LogP contribution in [-0.2, 0) is 4.79 Å². The molecule has 0 amide bonds. The summed E-state index contributed by atoms with van der Waals surface area (Å²) in [7, 11) is 0. The lowest BCUT2D eigenvalue weighted by atomic mass is 9.97. The molecule has 1 atom stereocenters. The van der Waals surface area contributed by atoms with Gasteiger partial charge in [-0.2, -0.15) is 0 Å². The molecular formula is C7H14O4. The summed E-state index contributed by atoms with van der Waals surface area (Å²) < 4.78 is 0. The maximum absolute atomic E-state index is 10.1. The zero-order chi connectivity index (χ0) is 8.91. The van der Waals surface area contributed by atoms with Crippen LogP contribution in [0.25, 0.3) is 0 Å². The number of hydrogen-bond donors (Lipinski definition) is 3. The molecule has 0 heterocycles. The van der Waals surface area contributed by atoms with Crippen molar-refractivity contribution in [2.24, 2.45) is 0 Å². The van der Waals surface area contributed by atoms with E-state index in [-0.39, 0.29) is 25.9 Å². The van der Waals surface area contributed by atoms with E-state index in [1.807, 2.05) is 0 Å². The number of aliphatic carboxylic acids is 1. The highest BCUT2D eigenvalue weighted by Gasteiger charge is 2.20. The highest BCUT2D eigenvalue weighted by atomic mass is 16.4. The van der Waals surface area contributed by atoms with Crippen molar-refractivity contribution in [2.75, 3.05) is 6.61 Å². The van der Waals surface area contributed by atoms with Gasteiger partial charge < -0.3 is 15.3 Å². The Labute approximate surface area is 65.5 Å². The molecule has 0 aliphatic rings. The average molecular weight is 162 g/mol. The van der Waals surface area contributed by atoms with Gasteiger partial charge in [-0.25, -0.2) is 0 Å². The molecule has 0 spiro atoms. The normalized spacial score (nSPS) is 15.9. The number of hydrogen-bond acceptors (Lipinski definition) is 3. The van der Waals surface area contributed by atoms with Crippen LogP contribution in [0.4, 0.5) is 0 Å². The monoisotopic (exact) mass is 162 g/mol. The molecule has 0 aromatic carbocycles. The van der Waals surface area contributed by atoms with Crippen molar-refractivity contribution in [3.05, 3.63) is 0 Å². The fourth-order valence-corrected chi connectivity index (χ4v) is 0.742. The van der Waals surface area contributed by atoms with Gasteiger partial charge in [-0.15, -0.1) is 0 Å². The Morgan fingerprint density at radius 1 is 1.45 bits per heavy atom. The lowest BCUT2D eigenvalue weighted by Gasteiger charge is -2.20. The van der Waals surface area contributed by atoms with Crippen molar-refractivity contribution < 1.29 is 20.1 Å². The topological polar surface area (TPSA) is 77.8 Å². The summed E-state index contributed by atoms with van der Waals surface area (Å²) in [6, 6.07) is 0. The summed E-state index contributed by atoms with van der Waals surface area (Å²) in [5, 5.41) is 26.1. The standard InChI is InChI=1S/C7H14O4/c1-7(11,4-5-8)3-2-6(9)10/h8,11H,2-5H2,1H3,(H,9,10). The summed E-state index contributed by atoms with van der Waals surface area (Å²) in [5.74, 6) is -0.928. The molecule has 0 aromatic heterocycles. The third kappa shape index (κ3) is 5.82. The molecule has 66 valence electrons. The van der Waals surface area contributed by atoms with Crippen LogP contribution >= 0.6 is 0 Å². The maximum Gasteiger partial charge on any atom is 0.303 e. The largest absolute Gasteiger partial charge is 0.481 e. The van der Waals surface area contributed by atoms with Crippen LogP contribution in [0, 0.1) is 0 Å². The van der Waals surface area contributed by atoms with E-state index in [1.165, 1.54) is 6.92 Å². The van der Waals surface area contributed by atoms with E-state index in [0.717, 1.165) is 0 Å². The highest BCUT2D eigenvalue weighted by molar-refractivity contribution is 5.66. The van der Waals surface area contributed by atoms with Gasteiger partial charge in [0, 0.05) is 13.0 Å². The van der Waals surface area contributed by atoms with Crippen LogP contribution in [0.1, 0.15) is 26.2 Å². The first-order valence-corrected chi connectivity index (χ1v) is 3.53. The number of aliphatic hydroxyl groups excluding tert-OH is 1. The van der Waals surface area contributed by atoms with Gasteiger partial charge in [-0.05, 0) is 19.8 Å². The van der Waals surface area contributed by atoms with Gasteiger partial charge in [-0.3, -0.25) is 4.79 Å². The fraction of sp³-hybridized carbons (Fsp3) is 0.857. The quantitative estimate of drug-likeness (QED) is 0.531. The Bertz CT molecular complexity index is 130. The van der Waals surface area contributed by atoms with Crippen LogP contribution in [0.5, 0.6) is 0 Å². The second-order valence-electron chi connectivity index (χ2n) is 2.86. The molecule has 4 heteroatoms. The van der Waals surface area contributed by atoms with Crippen molar-refractivity contribution in [1.82, 2.24) is 0 Å². The Morgan fingerprint density at radius 2 is 2.00 bits per heavy atom. The summed E-state index contributed by atoms with van der Waals surface area (Å²) in [6.45, 7) is 1.40. The van der Waals surface area contributed by atoms with Gasteiger partial charge >= 0.3 is 5.97 Å². The zero-order valence-corrected chi connectivity index (χ0v) is 6.58. The van der Waals surface area contributed by atoms with Gasteiger partial charge in [0.2, 0.25) is 0 Å². The molecule has 0 bridgehead atoms. The summed E-state index contributed by atoms with van der Waals surface area (Å²) in [5.41, 5.74) is -1.05. The second kappa shape index (κ2) is 4.31. The molecule has 0 aliphatic heterocycles. The minimum Gasteiger partial charge on any atom is -0.481 e. The fourth-order valence-electron chi connectivity index (χ4n) is 0.742. The number of aliphatic hydroxyl groups is 2. The summed E-state index contributed by atoms with van der Waals surface area (Å²) in [4.78, 5) is 10.1. The number of rotatable bonds is 5. The number of carboxylic acid groups (broad SMARTS) is 1. The predicted molar refractivity (Wildman–Crippen MR) is 39.2 cm³/mol. The van der Waals surface area contributed by atoms with Crippen molar-refractivity contribution in [3.63, 3.8) is 0 Å². The van der Waals surface area contributed by atoms with E-state index in [9.17, 15) is 9.90 Å². The van der Waals surface area contributed by atoms with Crippen molar-refractivity contribution in [2.45, 2.75) is 31.8 Å². The lowest BCUT2D eigenvalue weighted by Crippen LogP contribution is -2.26. The van der Waals surface area contributed by atoms with Crippen molar-refractivity contribution in [1.29, 1.82) is 0 Å². The van der Waals surface area contributed by atoms with Gasteiger partial charge in [0.25, 0.3) is 0 Å². The van der Waals surface area contributed by atoms with E-state index < -0.39 is 11.6 Å².